The number of methoxy groups -OCH3 is 1. The van der Waals surface area contributed by atoms with E-state index in [1.165, 1.54) is 16.9 Å². The van der Waals surface area contributed by atoms with Crippen molar-refractivity contribution in [1.29, 1.82) is 0 Å². The van der Waals surface area contributed by atoms with E-state index in [4.69, 9.17) is 9.47 Å². The molecule has 2 heterocycles. The molecule has 2 aliphatic heterocycles. The van der Waals surface area contributed by atoms with E-state index in [0.29, 0.717) is 31.8 Å². The Hall–Kier alpha value is -2.71. The van der Waals surface area contributed by atoms with Crippen LogP contribution in [0.3, 0.4) is 0 Å². The number of fused-ring (bicyclic) bond motifs is 3. The van der Waals surface area contributed by atoms with Crippen LogP contribution >= 0.6 is 0 Å². The Morgan fingerprint density at radius 1 is 1.14 bits per heavy atom. The van der Waals surface area contributed by atoms with Gasteiger partial charge in [-0.2, -0.15) is 0 Å². The first-order valence-corrected chi connectivity index (χ1v) is 9.36. The Labute approximate surface area is 164 Å². The summed E-state index contributed by atoms with van der Waals surface area (Å²) in [6, 6.07) is -0.171. The van der Waals surface area contributed by atoms with Gasteiger partial charge in [-0.05, 0) is 33.3 Å². The fraction of sp³-hybridized carbons (Fsp3) is 0.632. The van der Waals surface area contributed by atoms with Crippen LogP contribution in [0.25, 0.3) is 0 Å². The predicted molar refractivity (Wildman–Crippen MR) is 99.3 cm³/mol. The van der Waals surface area contributed by atoms with Crippen molar-refractivity contribution in [2.24, 2.45) is 5.92 Å². The van der Waals surface area contributed by atoms with Gasteiger partial charge in [0.2, 0.25) is 0 Å². The average molecular weight is 393 g/mol. The van der Waals surface area contributed by atoms with E-state index in [-0.39, 0.29) is 18.6 Å². The lowest BCUT2D eigenvalue weighted by Gasteiger charge is -2.50. The molecule has 1 aliphatic carbocycles. The quantitative estimate of drug-likeness (QED) is 0.679. The van der Waals surface area contributed by atoms with Crippen LogP contribution in [0.1, 0.15) is 27.2 Å². The van der Waals surface area contributed by atoms with Gasteiger partial charge in [-0.25, -0.2) is 9.59 Å². The van der Waals surface area contributed by atoms with Crippen LogP contribution < -0.4 is 0 Å². The van der Waals surface area contributed by atoms with Crippen LogP contribution in [0.15, 0.2) is 23.5 Å². The highest BCUT2D eigenvalue weighted by Gasteiger charge is 2.43. The summed E-state index contributed by atoms with van der Waals surface area (Å²) in [7, 11) is 1.34. The molecular formula is C19H27N3O6. The number of ether oxygens (including phenoxy) is 2. The van der Waals surface area contributed by atoms with Gasteiger partial charge < -0.3 is 24.4 Å². The van der Waals surface area contributed by atoms with E-state index >= 15 is 0 Å². The molecule has 2 amide bonds. The van der Waals surface area contributed by atoms with E-state index in [1.807, 2.05) is 6.08 Å². The highest BCUT2D eigenvalue weighted by atomic mass is 16.6. The Morgan fingerprint density at radius 2 is 1.86 bits per heavy atom. The first-order chi connectivity index (χ1) is 13.1. The second-order valence-electron chi connectivity index (χ2n) is 8.17. The molecule has 28 heavy (non-hydrogen) atoms. The molecule has 2 saturated heterocycles. The van der Waals surface area contributed by atoms with Crippen molar-refractivity contribution >= 4 is 18.2 Å². The predicted octanol–water partition coefficient (Wildman–Crippen LogP) is 1.86. The van der Waals surface area contributed by atoms with Gasteiger partial charge in [-0.15, -0.1) is 0 Å². The summed E-state index contributed by atoms with van der Waals surface area (Å²) in [6.07, 6.45) is 2.68. The number of hydrogen-bond donors (Lipinski definition) is 1. The molecule has 3 aliphatic rings. The molecule has 0 aromatic carbocycles. The SMILES string of the molecule is COC(=O)C1C=C2C(=CC1)N1CCN(C(=O)O)CC1CN2C(=O)OC(C)(C)C. The summed E-state index contributed by atoms with van der Waals surface area (Å²) in [4.78, 5) is 41.3. The van der Waals surface area contributed by atoms with Crippen molar-refractivity contribution in [2.45, 2.75) is 38.8 Å². The van der Waals surface area contributed by atoms with Gasteiger partial charge >= 0.3 is 18.2 Å². The van der Waals surface area contributed by atoms with E-state index in [9.17, 15) is 19.5 Å². The molecule has 0 aromatic rings. The van der Waals surface area contributed by atoms with Gasteiger partial charge in [0.05, 0.1) is 37.0 Å². The van der Waals surface area contributed by atoms with Crippen molar-refractivity contribution in [3.63, 3.8) is 0 Å². The largest absolute Gasteiger partial charge is 0.469 e. The molecule has 9 heteroatoms. The zero-order valence-corrected chi connectivity index (χ0v) is 16.7. The second-order valence-corrected chi connectivity index (χ2v) is 8.17. The summed E-state index contributed by atoms with van der Waals surface area (Å²) in [5, 5.41) is 9.34. The molecular weight excluding hydrogens is 366 g/mol. The number of carbonyl (C=O) groups excluding carboxylic acids is 2. The van der Waals surface area contributed by atoms with Crippen LogP contribution in [0.4, 0.5) is 9.59 Å². The standard InChI is InChI=1S/C19H27N3O6/c1-19(2,3)28-18(26)22-11-13-10-20(17(24)25)7-8-21(13)14-6-5-12(9-15(14)22)16(23)27-4/h6,9,12-13H,5,7-8,10-11H2,1-4H3,(H,24,25). The van der Waals surface area contributed by atoms with E-state index in [1.54, 1.807) is 26.8 Å². The zero-order chi connectivity index (χ0) is 20.6. The van der Waals surface area contributed by atoms with E-state index in [0.717, 1.165) is 5.70 Å². The Bertz CT molecular complexity index is 738. The van der Waals surface area contributed by atoms with Gasteiger partial charge in [0.1, 0.15) is 5.60 Å². The number of nitrogens with zero attached hydrogens (tertiary/aromatic N) is 3. The number of allylic oxidation sites excluding steroid dienone is 1. The molecule has 0 aromatic heterocycles. The number of carbonyl (C=O) groups is 3. The maximum Gasteiger partial charge on any atom is 0.414 e. The van der Waals surface area contributed by atoms with Crippen molar-refractivity contribution in [2.75, 3.05) is 33.3 Å². The fourth-order valence-corrected chi connectivity index (χ4v) is 3.80. The Kier molecular flexibility index (Phi) is 5.27. The van der Waals surface area contributed by atoms with E-state index in [2.05, 4.69) is 4.90 Å². The molecule has 0 radical (unpaired) electrons. The van der Waals surface area contributed by atoms with Crippen molar-refractivity contribution in [3.05, 3.63) is 23.5 Å². The number of carboxylic acid groups (broad SMARTS) is 1. The number of amides is 2. The summed E-state index contributed by atoms with van der Waals surface area (Å²) < 4.78 is 10.4. The fourth-order valence-electron chi connectivity index (χ4n) is 3.80. The molecule has 1 N–H and O–H groups in total. The van der Waals surface area contributed by atoms with E-state index < -0.39 is 23.7 Å². The van der Waals surface area contributed by atoms with Crippen LogP contribution in [0.2, 0.25) is 0 Å². The normalized spacial score (nSPS) is 24.5. The minimum Gasteiger partial charge on any atom is -0.469 e. The van der Waals surface area contributed by atoms with Gasteiger partial charge in [-0.3, -0.25) is 9.69 Å². The lowest BCUT2D eigenvalue weighted by atomic mass is 9.92. The summed E-state index contributed by atoms with van der Waals surface area (Å²) in [5.74, 6) is -0.824. The van der Waals surface area contributed by atoms with Crippen LogP contribution in [0.5, 0.6) is 0 Å². The second kappa shape index (κ2) is 7.37. The maximum atomic E-state index is 12.9. The third kappa shape index (κ3) is 3.93. The smallest absolute Gasteiger partial charge is 0.414 e. The molecule has 2 atom stereocenters. The highest BCUT2D eigenvalue weighted by molar-refractivity contribution is 5.77. The van der Waals surface area contributed by atoms with Crippen molar-refractivity contribution < 1.29 is 29.0 Å². The van der Waals surface area contributed by atoms with Crippen LogP contribution in [0, 0.1) is 5.92 Å². The monoisotopic (exact) mass is 393 g/mol. The topological polar surface area (TPSA) is 99.6 Å². The highest BCUT2D eigenvalue weighted by Crippen LogP contribution is 2.36. The summed E-state index contributed by atoms with van der Waals surface area (Å²) in [5.41, 5.74) is 0.789. The Balaban J connectivity index is 1.92. The maximum absolute atomic E-state index is 12.9. The molecule has 154 valence electrons. The molecule has 0 saturated carbocycles. The average Bonchev–Trinajstić information content (AvgIpc) is 2.64. The first-order valence-electron chi connectivity index (χ1n) is 9.36. The van der Waals surface area contributed by atoms with Crippen LogP contribution in [-0.2, 0) is 14.3 Å². The first kappa shape index (κ1) is 20.0. The Morgan fingerprint density at radius 3 is 2.46 bits per heavy atom. The van der Waals surface area contributed by atoms with Gasteiger partial charge in [-0.1, -0.05) is 6.08 Å². The van der Waals surface area contributed by atoms with Gasteiger partial charge in [0, 0.05) is 19.6 Å². The number of esters is 1. The lowest BCUT2D eigenvalue weighted by molar-refractivity contribution is -0.143. The minimum absolute atomic E-state index is 0.171. The van der Waals surface area contributed by atoms with Gasteiger partial charge in [0.15, 0.2) is 0 Å². The summed E-state index contributed by atoms with van der Waals surface area (Å²) in [6.45, 7) is 6.88. The van der Waals surface area contributed by atoms with Gasteiger partial charge in [0.25, 0.3) is 0 Å². The van der Waals surface area contributed by atoms with Crippen LogP contribution in [-0.4, -0.2) is 82.9 Å². The van der Waals surface area contributed by atoms with Crippen molar-refractivity contribution in [3.8, 4) is 0 Å². The zero-order valence-electron chi connectivity index (χ0n) is 16.7. The third-order valence-electron chi connectivity index (χ3n) is 5.05. The van der Waals surface area contributed by atoms with Crippen molar-refractivity contribution in [1.82, 2.24) is 14.7 Å². The molecule has 0 spiro atoms. The lowest BCUT2D eigenvalue weighted by Crippen LogP contribution is -2.62. The minimum atomic E-state index is -0.965. The molecule has 0 bridgehead atoms. The molecule has 3 rings (SSSR count). The molecule has 2 fully saturated rings. The number of piperazine rings is 2. The number of hydrogen-bond acceptors (Lipinski definition) is 6. The number of rotatable bonds is 1. The molecule has 9 nitrogen and oxygen atoms in total. The molecule has 2 unspecified atom stereocenters. The third-order valence-corrected chi connectivity index (χ3v) is 5.05. The summed E-state index contributed by atoms with van der Waals surface area (Å²) >= 11 is 0.